The van der Waals surface area contributed by atoms with Crippen LogP contribution in [0.1, 0.15) is 0 Å². The highest BCUT2D eigenvalue weighted by atomic mass is 16.3. The Morgan fingerprint density at radius 1 is 1.60 bits per heavy atom. The van der Waals surface area contributed by atoms with Crippen molar-refractivity contribution in [1.82, 2.24) is 9.66 Å². The zero-order chi connectivity index (χ0) is 7.14. The van der Waals surface area contributed by atoms with Gasteiger partial charge in [-0.15, -0.1) is 0 Å². The third-order valence-corrected chi connectivity index (χ3v) is 1.54. The molecule has 0 radical (unpaired) electrons. The van der Waals surface area contributed by atoms with E-state index >= 15 is 0 Å². The summed E-state index contributed by atoms with van der Waals surface area (Å²) in [6.07, 6.45) is 1.77. The predicted octanol–water partition coefficient (Wildman–Crippen LogP) is 0.389. The first kappa shape index (κ1) is 5.22. The molecule has 0 unspecified atom stereocenters. The normalized spacial score (nSPS) is 10.8. The molecule has 0 aromatic carbocycles. The highest BCUT2D eigenvalue weighted by Crippen LogP contribution is 2.19. The molecule has 0 amide bonds. The second kappa shape index (κ2) is 1.47. The Morgan fingerprint density at radius 2 is 2.40 bits per heavy atom. The van der Waals surface area contributed by atoms with E-state index in [2.05, 4.69) is 4.98 Å². The van der Waals surface area contributed by atoms with E-state index in [0.29, 0.717) is 0 Å². The Labute approximate surface area is 56.8 Å². The average Bonchev–Trinajstić information content (AvgIpc) is 2.41. The summed E-state index contributed by atoms with van der Waals surface area (Å²) in [5.41, 5.74) is 1.65. The maximum atomic E-state index is 9.05. The largest absolute Gasteiger partial charge is 0.493 e. The van der Waals surface area contributed by atoms with E-state index in [4.69, 9.17) is 10.9 Å². The maximum Gasteiger partial charge on any atom is 0.212 e. The van der Waals surface area contributed by atoms with Crippen LogP contribution in [0.5, 0.6) is 5.88 Å². The number of nitrogens with two attached hydrogens (primary N) is 1. The second-order valence-electron chi connectivity index (χ2n) is 2.15. The summed E-state index contributed by atoms with van der Waals surface area (Å²) in [5.74, 6) is 5.50. The van der Waals surface area contributed by atoms with Crippen molar-refractivity contribution in [1.29, 1.82) is 0 Å². The number of aromatic nitrogens is 2. The van der Waals surface area contributed by atoms with E-state index in [1.54, 1.807) is 18.3 Å². The van der Waals surface area contributed by atoms with Crippen molar-refractivity contribution >= 4 is 11.0 Å². The van der Waals surface area contributed by atoms with Gasteiger partial charge in [0.1, 0.15) is 0 Å². The van der Waals surface area contributed by atoms with Crippen molar-refractivity contribution in [3.63, 3.8) is 0 Å². The Kier molecular flexibility index (Phi) is 0.768. The standard InChI is InChI=1S/C6H7N3O/c7-9-5-1-2-8-4(5)3-6(9)10/h1-3,8,10H,7H2. The van der Waals surface area contributed by atoms with Crippen molar-refractivity contribution in [2.24, 2.45) is 0 Å². The molecule has 2 heterocycles. The number of aromatic amines is 1. The molecular formula is C6H7N3O. The van der Waals surface area contributed by atoms with E-state index in [9.17, 15) is 0 Å². The third kappa shape index (κ3) is 0.452. The summed E-state index contributed by atoms with van der Waals surface area (Å²) in [7, 11) is 0. The summed E-state index contributed by atoms with van der Waals surface area (Å²) in [6, 6.07) is 3.38. The van der Waals surface area contributed by atoms with Crippen molar-refractivity contribution < 1.29 is 5.11 Å². The second-order valence-corrected chi connectivity index (χ2v) is 2.15. The molecule has 0 bridgehead atoms. The fourth-order valence-corrected chi connectivity index (χ4v) is 1.02. The van der Waals surface area contributed by atoms with Gasteiger partial charge in [-0.3, -0.25) is 0 Å². The van der Waals surface area contributed by atoms with Crippen LogP contribution in [0.2, 0.25) is 0 Å². The summed E-state index contributed by atoms with van der Waals surface area (Å²) in [6.45, 7) is 0. The zero-order valence-corrected chi connectivity index (χ0v) is 5.20. The van der Waals surface area contributed by atoms with E-state index in [1.165, 1.54) is 4.68 Å². The lowest BCUT2D eigenvalue weighted by Gasteiger charge is -1.92. The molecule has 4 heteroatoms. The van der Waals surface area contributed by atoms with Crippen LogP contribution in [0.3, 0.4) is 0 Å². The first-order valence-electron chi connectivity index (χ1n) is 2.92. The van der Waals surface area contributed by atoms with Crippen molar-refractivity contribution in [3.8, 4) is 5.88 Å². The number of nitrogen functional groups attached to an aromatic ring is 1. The molecule has 0 fully saturated rings. The zero-order valence-electron chi connectivity index (χ0n) is 5.20. The van der Waals surface area contributed by atoms with E-state index in [0.717, 1.165) is 11.0 Å². The lowest BCUT2D eigenvalue weighted by atomic mass is 10.5. The topological polar surface area (TPSA) is 67.0 Å². The molecule has 0 aliphatic carbocycles. The molecule has 0 saturated carbocycles. The number of fused-ring (bicyclic) bond motifs is 1. The van der Waals surface area contributed by atoms with Crippen LogP contribution < -0.4 is 5.84 Å². The molecule has 4 nitrogen and oxygen atoms in total. The van der Waals surface area contributed by atoms with E-state index < -0.39 is 0 Å². The monoisotopic (exact) mass is 137 g/mol. The number of rotatable bonds is 0. The first-order chi connectivity index (χ1) is 4.79. The van der Waals surface area contributed by atoms with Gasteiger partial charge < -0.3 is 15.9 Å². The molecule has 0 spiro atoms. The molecule has 0 atom stereocenters. The van der Waals surface area contributed by atoms with E-state index in [1.807, 2.05) is 0 Å². The molecule has 2 aromatic heterocycles. The van der Waals surface area contributed by atoms with E-state index in [-0.39, 0.29) is 5.88 Å². The van der Waals surface area contributed by atoms with Crippen LogP contribution in [-0.2, 0) is 0 Å². The van der Waals surface area contributed by atoms with Crippen molar-refractivity contribution in [3.05, 3.63) is 18.3 Å². The number of hydrogen-bond donors (Lipinski definition) is 3. The fraction of sp³-hybridized carbons (Fsp3) is 0. The van der Waals surface area contributed by atoms with Gasteiger partial charge >= 0.3 is 0 Å². The number of nitrogens with one attached hydrogen (secondary N) is 1. The van der Waals surface area contributed by atoms with Crippen LogP contribution in [0.15, 0.2) is 18.3 Å². The minimum absolute atomic E-state index is 0.0712. The third-order valence-electron chi connectivity index (χ3n) is 1.54. The van der Waals surface area contributed by atoms with Gasteiger partial charge in [0, 0.05) is 12.3 Å². The van der Waals surface area contributed by atoms with Gasteiger partial charge in [0.2, 0.25) is 5.88 Å². The highest BCUT2D eigenvalue weighted by molar-refractivity contribution is 5.78. The van der Waals surface area contributed by atoms with Gasteiger partial charge in [0.25, 0.3) is 0 Å². The molecule has 0 aliphatic rings. The molecule has 0 saturated heterocycles. The molecule has 0 aliphatic heterocycles. The predicted molar refractivity (Wildman–Crippen MR) is 38.1 cm³/mol. The molecular weight excluding hydrogens is 130 g/mol. The average molecular weight is 137 g/mol. The van der Waals surface area contributed by atoms with Gasteiger partial charge in [0.15, 0.2) is 0 Å². The summed E-state index contributed by atoms with van der Waals surface area (Å²) in [5, 5.41) is 9.05. The quantitative estimate of drug-likeness (QED) is 0.460. The fourth-order valence-electron chi connectivity index (χ4n) is 1.02. The van der Waals surface area contributed by atoms with Gasteiger partial charge in [-0.25, -0.2) is 4.68 Å². The van der Waals surface area contributed by atoms with Gasteiger partial charge in [-0.2, -0.15) is 0 Å². The van der Waals surface area contributed by atoms with Crippen LogP contribution >= 0.6 is 0 Å². The molecule has 2 aromatic rings. The number of aromatic hydroxyl groups is 1. The van der Waals surface area contributed by atoms with Crippen LogP contribution in [0, 0.1) is 0 Å². The molecule has 10 heavy (non-hydrogen) atoms. The number of H-pyrrole nitrogens is 1. The highest BCUT2D eigenvalue weighted by Gasteiger charge is 2.03. The Bertz CT molecular complexity index is 360. The summed E-state index contributed by atoms with van der Waals surface area (Å²) < 4.78 is 1.23. The van der Waals surface area contributed by atoms with Gasteiger partial charge in [-0.1, -0.05) is 0 Å². The lowest BCUT2D eigenvalue weighted by molar-refractivity contribution is 0.441. The van der Waals surface area contributed by atoms with Gasteiger partial charge in [0.05, 0.1) is 11.0 Å². The van der Waals surface area contributed by atoms with Crippen molar-refractivity contribution in [2.75, 3.05) is 5.84 Å². The number of hydrogen-bond acceptors (Lipinski definition) is 2. The summed E-state index contributed by atoms with van der Waals surface area (Å²) in [4.78, 5) is 2.92. The lowest BCUT2D eigenvalue weighted by Crippen LogP contribution is -2.05. The van der Waals surface area contributed by atoms with Crippen molar-refractivity contribution in [2.45, 2.75) is 0 Å². The Morgan fingerprint density at radius 3 is 3.10 bits per heavy atom. The Balaban J connectivity index is 2.95. The first-order valence-corrected chi connectivity index (χ1v) is 2.92. The smallest absolute Gasteiger partial charge is 0.212 e. The summed E-state index contributed by atoms with van der Waals surface area (Å²) >= 11 is 0. The number of nitrogens with zero attached hydrogens (tertiary/aromatic N) is 1. The SMILES string of the molecule is Nn1c(O)cc2[nH]ccc21. The van der Waals surface area contributed by atoms with Crippen LogP contribution in [-0.4, -0.2) is 14.8 Å². The van der Waals surface area contributed by atoms with Gasteiger partial charge in [-0.05, 0) is 6.07 Å². The molecule has 52 valence electrons. The van der Waals surface area contributed by atoms with Crippen LogP contribution in [0.4, 0.5) is 0 Å². The molecule has 2 rings (SSSR count). The minimum atomic E-state index is 0.0712. The maximum absolute atomic E-state index is 9.05. The Hall–Kier alpha value is -1.58. The van der Waals surface area contributed by atoms with Crippen LogP contribution in [0.25, 0.3) is 11.0 Å². The minimum Gasteiger partial charge on any atom is -0.493 e. The molecule has 4 N–H and O–H groups in total.